The van der Waals surface area contributed by atoms with Crippen LogP contribution >= 0.6 is 11.6 Å². The van der Waals surface area contributed by atoms with Gasteiger partial charge >= 0.3 is 0 Å². The zero-order valence-electron chi connectivity index (χ0n) is 10.7. The van der Waals surface area contributed by atoms with Gasteiger partial charge in [-0.15, -0.1) is 0 Å². The number of rotatable bonds is 5. The molecule has 0 spiro atoms. The second-order valence-corrected chi connectivity index (χ2v) is 4.58. The Morgan fingerprint density at radius 1 is 1.11 bits per heavy atom. The summed E-state index contributed by atoms with van der Waals surface area (Å²) in [5.74, 6) is 1.54. The fourth-order valence-corrected chi connectivity index (χ4v) is 1.81. The fraction of sp³-hybridized carbons (Fsp3) is 0.200. The molecule has 0 aromatic heterocycles. The molecule has 2 aromatic carbocycles. The summed E-state index contributed by atoms with van der Waals surface area (Å²) in [5, 5.41) is 0.685. The van der Waals surface area contributed by atoms with Crippen molar-refractivity contribution in [2.24, 2.45) is 5.73 Å². The second-order valence-electron chi connectivity index (χ2n) is 4.15. The minimum absolute atomic E-state index is 0.203. The SMILES string of the molecule is COc1cccc(C(N)COc2ccc(Cl)cc2)c1. The lowest BCUT2D eigenvalue weighted by Crippen LogP contribution is -2.18. The van der Waals surface area contributed by atoms with Crippen LogP contribution in [0.1, 0.15) is 11.6 Å². The molecule has 0 saturated carbocycles. The Morgan fingerprint density at radius 2 is 1.84 bits per heavy atom. The molecule has 0 radical (unpaired) electrons. The summed E-state index contributed by atoms with van der Waals surface area (Å²) in [4.78, 5) is 0. The number of hydrogen-bond acceptors (Lipinski definition) is 3. The second kappa shape index (κ2) is 6.45. The molecule has 2 rings (SSSR count). The molecule has 1 unspecified atom stereocenters. The van der Waals surface area contributed by atoms with E-state index in [1.807, 2.05) is 36.4 Å². The first-order valence-electron chi connectivity index (χ1n) is 5.97. The van der Waals surface area contributed by atoms with E-state index in [-0.39, 0.29) is 6.04 Å². The summed E-state index contributed by atoms with van der Waals surface area (Å²) in [6.07, 6.45) is 0. The van der Waals surface area contributed by atoms with Gasteiger partial charge < -0.3 is 15.2 Å². The van der Waals surface area contributed by atoms with Crippen molar-refractivity contribution in [2.75, 3.05) is 13.7 Å². The molecule has 0 bridgehead atoms. The Kier molecular flexibility index (Phi) is 4.66. The van der Waals surface area contributed by atoms with E-state index < -0.39 is 0 Å². The van der Waals surface area contributed by atoms with Crippen molar-refractivity contribution in [2.45, 2.75) is 6.04 Å². The topological polar surface area (TPSA) is 44.5 Å². The summed E-state index contributed by atoms with van der Waals surface area (Å²) in [5.41, 5.74) is 7.07. The van der Waals surface area contributed by atoms with Crippen LogP contribution in [0.2, 0.25) is 5.02 Å². The molecule has 0 aliphatic heterocycles. The molecule has 2 aromatic rings. The van der Waals surface area contributed by atoms with Crippen LogP contribution in [0, 0.1) is 0 Å². The average Bonchev–Trinajstić information content (AvgIpc) is 2.46. The predicted molar refractivity (Wildman–Crippen MR) is 76.9 cm³/mol. The molecule has 4 heteroatoms. The van der Waals surface area contributed by atoms with Crippen molar-refractivity contribution < 1.29 is 9.47 Å². The monoisotopic (exact) mass is 277 g/mol. The third-order valence-electron chi connectivity index (χ3n) is 2.77. The van der Waals surface area contributed by atoms with Crippen molar-refractivity contribution in [3.63, 3.8) is 0 Å². The molecule has 100 valence electrons. The smallest absolute Gasteiger partial charge is 0.119 e. The van der Waals surface area contributed by atoms with Crippen molar-refractivity contribution in [1.82, 2.24) is 0 Å². The highest BCUT2D eigenvalue weighted by Crippen LogP contribution is 2.20. The Labute approximate surface area is 117 Å². The summed E-state index contributed by atoms with van der Waals surface area (Å²) in [6.45, 7) is 0.398. The van der Waals surface area contributed by atoms with Gasteiger partial charge in [0.2, 0.25) is 0 Å². The molecule has 0 saturated heterocycles. The molecule has 0 heterocycles. The summed E-state index contributed by atoms with van der Waals surface area (Å²) in [7, 11) is 1.63. The van der Waals surface area contributed by atoms with Crippen molar-refractivity contribution >= 4 is 11.6 Å². The average molecular weight is 278 g/mol. The number of nitrogens with two attached hydrogens (primary N) is 1. The van der Waals surface area contributed by atoms with Crippen LogP contribution in [0.25, 0.3) is 0 Å². The van der Waals surface area contributed by atoms with Gasteiger partial charge in [0.1, 0.15) is 18.1 Å². The van der Waals surface area contributed by atoms with Gasteiger partial charge in [0, 0.05) is 5.02 Å². The van der Waals surface area contributed by atoms with Crippen LogP contribution in [0.15, 0.2) is 48.5 Å². The van der Waals surface area contributed by atoms with Gasteiger partial charge in [-0.25, -0.2) is 0 Å². The van der Waals surface area contributed by atoms with Gasteiger partial charge in [-0.05, 0) is 42.0 Å². The van der Waals surface area contributed by atoms with E-state index in [1.54, 1.807) is 19.2 Å². The van der Waals surface area contributed by atoms with E-state index in [1.165, 1.54) is 0 Å². The summed E-state index contributed by atoms with van der Waals surface area (Å²) in [6, 6.07) is 14.7. The lowest BCUT2D eigenvalue weighted by Gasteiger charge is -2.14. The Bertz CT molecular complexity index is 528. The molecule has 0 aliphatic rings. The first kappa shape index (κ1) is 13.7. The van der Waals surface area contributed by atoms with Crippen LogP contribution < -0.4 is 15.2 Å². The lowest BCUT2D eigenvalue weighted by atomic mass is 10.1. The van der Waals surface area contributed by atoms with E-state index in [4.69, 9.17) is 26.8 Å². The molecule has 0 amide bonds. The van der Waals surface area contributed by atoms with Gasteiger partial charge in [0.15, 0.2) is 0 Å². The molecule has 0 fully saturated rings. The summed E-state index contributed by atoms with van der Waals surface area (Å²) >= 11 is 5.81. The molecular formula is C15H16ClNO2. The third kappa shape index (κ3) is 3.88. The maximum absolute atomic E-state index is 6.09. The van der Waals surface area contributed by atoms with E-state index in [0.29, 0.717) is 11.6 Å². The van der Waals surface area contributed by atoms with Crippen molar-refractivity contribution in [3.05, 3.63) is 59.1 Å². The van der Waals surface area contributed by atoms with Crippen LogP contribution in [0.3, 0.4) is 0 Å². The number of methoxy groups -OCH3 is 1. The van der Waals surface area contributed by atoms with Crippen LogP contribution in [-0.4, -0.2) is 13.7 Å². The normalized spacial score (nSPS) is 11.9. The van der Waals surface area contributed by atoms with Gasteiger partial charge in [0.25, 0.3) is 0 Å². The van der Waals surface area contributed by atoms with Gasteiger partial charge in [0.05, 0.1) is 13.2 Å². The summed E-state index contributed by atoms with van der Waals surface area (Å²) < 4.78 is 10.8. The molecule has 3 nitrogen and oxygen atoms in total. The third-order valence-corrected chi connectivity index (χ3v) is 3.02. The standard InChI is InChI=1S/C15H16ClNO2/c1-18-14-4-2-3-11(9-14)15(17)10-19-13-7-5-12(16)6-8-13/h2-9,15H,10,17H2,1H3. The highest BCUT2D eigenvalue weighted by Gasteiger charge is 2.08. The van der Waals surface area contributed by atoms with E-state index >= 15 is 0 Å². The number of hydrogen-bond donors (Lipinski definition) is 1. The Balaban J connectivity index is 1.96. The maximum atomic E-state index is 6.09. The van der Waals surface area contributed by atoms with E-state index in [0.717, 1.165) is 17.1 Å². The van der Waals surface area contributed by atoms with Gasteiger partial charge in [-0.2, -0.15) is 0 Å². The zero-order valence-corrected chi connectivity index (χ0v) is 11.4. The minimum atomic E-state index is -0.203. The van der Waals surface area contributed by atoms with Crippen molar-refractivity contribution in [1.29, 1.82) is 0 Å². The lowest BCUT2D eigenvalue weighted by molar-refractivity contribution is 0.290. The quantitative estimate of drug-likeness (QED) is 0.911. The minimum Gasteiger partial charge on any atom is -0.497 e. The fourth-order valence-electron chi connectivity index (χ4n) is 1.69. The Morgan fingerprint density at radius 3 is 2.53 bits per heavy atom. The number of halogens is 1. The van der Waals surface area contributed by atoms with E-state index in [9.17, 15) is 0 Å². The van der Waals surface area contributed by atoms with Gasteiger partial charge in [-0.1, -0.05) is 23.7 Å². The van der Waals surface area contributed by atoms with Crippen LogP contribution in [0.4, 0.5) is 0 Å². The van der Waals surface area contributed by atoms with E-state index in [2.05, 4.69) is 0 Å². The molecular weight excluding hydrogens is 262 g/mol. The molecule has 1 atom stereocenters. The van der Waals surface area contributed by atoms with Crippen molar-refractivity contribution in [3.8, 4) is 11.5 Å². The number of benzene rings is 2. The van der Waals surface area contributed by atoms with Crippen LogP contribution in [0.5, 0.6) is 11.5 Å². The highest BCUT2D eigenvalue weighted by atomic mass is 35.5. The van der Waals surface area contributed by atoms with Crippen LogP contribution in [-0.2, 0) is 0 Å². The number of ether oxygens (including phenoxy) is 2. The largest absolute Gasteiger partial charge is 0.497 e. The first-order chi connectivity index (χ1) is 9.19. The molecule has 2 N–H and O–H groups in total. The van der Waals surface area contributed by atoms with Gasteiger partial charge in [-0.3, -0.25) is 0 Å². The predicted octanol–water partition coefficient (Wildman–Crippen LogP) is 3.43. The highest BCUT2D eigenvalue weighted by molar-refractivity contribution is 6.30. The molecule has 0 aliphatic carbocycles. The zero-order chi connectivity index (χ0) is 13.7. The molecule has 19 heavy (non-hydrogen) atoms. The first-order valence-corrected chi connectivity index (χ1v) is 6.35. The Hall–Kier alpha value is -1.71. The maximum Gasteiger partial charge on any atom is 0.119 e.